The second-order valence-corrected chi connectivity index (χ2v) is 4.92. The Kier molecular flexibility index (Phi) is 3.88. The maximum absolute atomic E-state index is 12.7. The molecule has 2 rings (SSSR count). The molecule has 20 heavy (non-hydrogen) atoms. The molecule has 0 unspecified atom stereocenters. The summed E-state index contributed by atoms with van der Waals surface area (Å²) in [5.41, 5.74) is -2.69. The molecule has 112 valence electrons. The van der Waals surface area contributed by atoms with Crippen LogP contribution in [0, 0.1) is 0 Å². The van der Waals surface area contributed by atoms with Crippen LogP contribution in [0.4, 0.5) is 32.0 Å². The molecule has 0 atom stereocenters. The molecule has 1 nitrogen and oxygen atoms in total. The highest BCUT2D eigenvalue weighted by Crippen LogP contribution is 2.38. The predicted octanol–water partition coefficient (Wildman–Crippen LogP) is 5.08. The smallest absolute Gasteiger partial charge is 0.382 e. The van der Waals surface area contributed by atoms with Gasteiger partial charge in [0.1, 0.15) is 0 Å². The van der Waals surface area contributed by atoms with Crippen molar-refractivity contribution in [1.82, 2.24) is 0 Å². The van der Waals surface area contributed by atoms with E-state index < -0.39 is 23.5 Å². The zero-order valence-corrected chi connectivity index (χ0v) is 10.4. The van der Waals surface area contributed by atoms with Crippen LogP contribution in [0.2, 0.25) is 0 Å². The molecule has 0 heterocycles. The fraction of sp³-hybridized carbons (Fsp3) is 0.538. The molecular formula is C13H13F6N. The van der Waals surface area contributed by atoms with E-state index in [4.69, 9.17) is 0 Å². The first-order valence-corrected chi connectivity index (χ1v) is 6.22. The summed E-state index contributed by atoms with van der Waals surface area (Å²) in [6.07, 6.45) is -6.21. The lowest BCUT2D eigenvalue weighted by Gasteiger charge is -2.18. The van der Waals surface area contributed by atoms with Gasteiger partial charge in [-0.2, -0.15) is 26.3 Å². The van der Waals surface area contributed by atoms with Crippen molar-refractivity contribution in [1.29, 1.82) is 0 Å². The van der Waals surface area contributed by atoms with Gasteiger partial charge in [0, 0.05) is 11.7 Å². The Bertz CT molecular complexity index is 438. The quantitative estimate of drug-likeness (QED) is 0.751. The lowest BCUT2D eigenvalue weighted by Crippen LogP contribution is -2.17. The van der Waals surface area contributed by atoms with Crippen molar-refractivity contribution in [2.75, 3.05) is 5.32 Å². The average Bonchev–Trinajstić information content (AvgIpc) is 2.79. The third kappa shape index (κ3) is 3.58. The van der Waals surface area contributed by atoms with Crippen molar-refractivity contribution in [2.24, 2.45) is 0 Å². The first-order chi connectivity index (χ1) is 9.16. The molecule has 0 aromatic heterocycles. The van der Waals surface area contributed by atoms with Crippen molar-refractivity contribution < 1.29 is 26.3 Å². The van der Waals surface area contributed by atoms with Crippen LogP contribution in [0.1, 0.15) is 36.8 Å². The molecule has 7 heteroatoms. The minimum absolute atomic E-state index is 0.0560. The maximum atomic E-state index is 12.7. The van der Waals surface area contributed by atoms with E-state index in [0.717, 1.165) is 37.8 Å². The van der Waals surface area contributed by atoms with E-state index in [2.05, 4.69) is 5.32 Å². The molecule has 1 aliphatic carbocycles. The van der Waals surface area contributed by atoms with Gasteiger partial charge in [-0.25, -0.2) is 0 Å². The summed E-state index contributed by atoms with van der Waals surface area (Å²) in [6, 6.07) is 1.54. The second kappa shape index (κ2) is 5.18. The molecule has 1 aromatic rings. The molecular weight excluding hydrogens is 284 g/mol. The van der Waals surface area contributed by atoms with Crippen molar-refractivity contribution in [3.63, 3.8) is 0 Å². The molecule has 1 fully saturated rings. The zero-order chi connectivity index (χ0) is 15.0. The van der Waals surface area contributed by atoms with Crippen molar-refractivity contribution >= 4 is 5.69 Å². The summed E-state index contributed by atoms with van der Waals surface area (Å²) >= 11 is 0. The van der Waals surface area contributed by atoms with E-state index in [9.17, 15) is 26.3 Å². The fourth-order valence-corrected chi connectivity index (χ4v) is 2.34. The number of alkyl halides is 6. The van der Waals surface area contributed by atoms with E-state index in [1.165, 1.54) is 0 Å². The molecule has 1 N–H and O–H groups in total. The van der Waals surface area contributed by atoms with Crippen LogP contribution < -0.4 is 5.32 Å². The molecule has 0 aliphatic heterocycles. The topological polar surface area (TPSA) is 12.0 Å². The molecule has 1 aromatic carbocycles. The van der Waals surface area contributed by atoms with Crippen molar-refractivity contribution in [2.45, 2.75) is 44.1 Å². The summed E-state index contributed by atoms with van der Waals surface area (Å²) in [5.74, 6) is 0. The average molecular weight is 297 g/mol. The van der Waals surface area contributed by atoms with Crippen LogP contribution >= 0.6 is 0 Å². The summed E-state index contributed by atoms with van der Waals surface area (Å²) in [4.78, 5) is 0. The van der Waals surface area contributed by atoms with Gasteiger partial charge in [-0.1, -0.05) is 12.8 Å². The molecule has 0 radical (unpaired) electrons. The normalized spacial score (nSPS) is 17.5. The number of hydrogen-bond donors (Lipinski definition) is 1. The predicted molar refractivity (Wildman–Crippen MR) is 62.3 cm³/mol. The van der Waals surface area contributed by atoms with Gasteiger partial charge in [0.15, 0.2) is 0 Å². The van der Waals surface area contributed by atoms with Crippen LogP contribution in [-0.2, 0) is 12.4 Å². The monoisotopic (exact) mass is 297 g/mol. The Morgan fingerprint density at radius 3 is 1.65 bits per heavy atom. The SMILES string of the molecule is FC(F)(F)c1cc(NC2CCCC2)cc(C(F)(F)F)c1. The Hall–Kier alpha value is -1.40. The zero-order valence-electron chi connectivity index (χ0n) is 10.4. The van der Waals surface area contributed by atoms with Gasteiger partial charge in [0.25, 0.3) is 0 Å². The largest absolute Gasteiger partial charge is 0.416 e. The number of benzene rings is 1. The van der Waals surface area contributed by atoms with Crippen LogP contribution in [-0.4, -0.2) is 6.04 Å². The van der Waals surface area contributed by atoms with Crippen molar-refractivity contribution in [3.05, 3.63) is 29.3 Å². The van der Waals surface area contributed by atoms with Crippen LogP contribution in [0.15, 0.2) is 18.2 Å². The standard InChI is InChI=1S/C13H13F6N/c14-12(15,16)8-5-9(13(17,18)19)7-11(6-8)20-10-3-1-2-4-10/h5-7,10,20H,1-4H2. The van der Waals surface area contributed by atoms with Gasteiger partial charge in [0.2, 0.25) is 0 Å². The first-order valence-electron chi connectivity index (χ1n) is 6.22. The summed E-state index contributed by atoms with van der Waals surface area (Å²) < 4.78 is 75.9. The number of anilines is 1. The summed E-state index contributed by atoms with van der Waals surface area (Å²) in [7, 11) is 0. The highest BCUT2D eigenvalue weighted by molar-refractivity contribution is 5.51. The third-order valence-electron chi connectivity index (χ3n) is 3.31. The molecule has 0 saturated heterocycles. The van der Waals surface area contributed by atoms with Crippen LogP contribution in [0.25, 0.3) is 0 Å². The van der Waals surface area contributed by atoms with Crippen LogP contribution in [0.3, 0.4) is 0 Å². The van der Waals surface area contributed by atoms with E-state index in [1.807, 2.05) is 0 Å². The lowest BCUT2D eigenvalue weighted by molar-refractivity contribution is -0.143. The van der Waals surface area contributed by atoms with Gasteiger partial charge in [-0.15, -0.1) is 0 Å². The Morgan fingerprint density at radius 1 is 0.800 bits per heavy atom. The summed E-state index contributed by atoms with van der Waals surface area (Å²) in [5, 5.41) is 2.77. The number of rotatable bonds is 2. The fourth-order valence-electron chi connectivity index (χ4n) is 2.34. The number of hydrogen-bond acceptors (Lipinski definition) is 1. The Morgan fingerprint density at radius 2 is 1.25 bits per heavy atom. The van der Waals surface area contributed by atoms with E-state index in [-0.39, 0.29) is 17.8 Å². The highest BCUT2D eigenvalue weighted by atomic mass is 19.4. The number of nitrogens with one attached hydrogen (secondary N) is 1. The first kappa shape index (κ1) is 15.0. The lowest BCUT2D eigenvalue weighted by atomic mass is 10.1. The van der Waals surface area contributed by atoms with Gasteiger partial charge >= 0.3 is 12.4 Å². The van der Waals surface area contributed by atoms with Gasteiger partial charge in [-0.3, -0.25) is 0 Å². The van der Waals surface area contributed by atoms with E-state index in [1.54, 1.807) is 0 Å². The summed E-state index contributed by atoms with van der Waals surface area (Å²) in [6.45, 7) is 0. The molecule has 0 spiro atoms. The van der Waals surface area contributed by atoms with Gasteiger partial charge in [-0.05, 0) is 31.0 Å². The maximum Gasteiger partial charge on any atom is 0.416 e. The molecule has 0 amide bonds. The number of halogens is 6. The van der Waals surface area contributed by atoms with E-state index >= 15 is 0 Å². The molecule has 1 saturated carbocycles. The van der Waals surface area contributed by atoms with Gasteiger partial charge < -0.3 is 5.32 Å². The molecule has 1 aliphatic rings. The second-order valence-electron chi connectivity index (χ2n) is 4.92. The van der Waals surface area contributed by atoms with E-state index in [0.29, 0.717) is 0 Å². The van der Waals surface area contributed by atoms with Crippen LogP contribution in [0.5, 0.6) is 0 Å². The Labute approximate surface area is 112 Å². The Balaban J connectivity index is 2.34. The minimum Gasteiger partial charge on any atom is -0.382 e. The highest BCUT2D eigenvalue weighted by Gasteiger charge is 2.37. The van der Waals surface area contributed by atoms with Crippen molar-refractivity contribution in [3.8, 4) is 0 Å². The third-order valence-corrected chi connectivity index (χ3v) is 3.31. The van der Waals surface area contributed by atoms with Gasteiger partial charge in [0.05, 0.1) is 11.1 Å². The minimum atomic E-state index is -4.80. The molecule has 0 bridgehead atoms.